The average Bonchev–Trinajstić information content (AvgIpc) is 2.12. The van der Waals surface area contributed by atoms with Gasteiger partial charge in [0.1, 0.15) is 0 Å². The van der Waals surface area contributed by atoms with E-state index in [0.29, 0.717) is 0 Å². The van der Waals surface area contributed by atoms with Crippen molar-refractivity contribution >= 4 is 0 Å². The van der Waals surface area contributed by atoms with E-state index in [1.54, 1.807) is 0 Å². The number of alkyl halides is 7. The molecule has 0 aliphatic carbocycles. The van der Waals surface area contributed by atoms with E-state index in [9.17, 15) is 30.7 Å². The molecule has 0 aromatic heterocycles. The Labute approximate surface area is 80.5 Å². The summed E-state index contributed by atoms with van der Waals surface area (Å²) < 4.78 is 88.1. The second-order valence-electron chi connectivity index (χ2n) is 2.48. The Morgan fingerprint density at radius 1 is 1.07 bits per heavy atom. The minimum atomic E-state index is -5.01. The molecule has 0 N–H and O–H groups in total. The van der Waals surface area contributed by atoms with Crippen LogP contribution in [0.25, 0.3) is 0 Å². The number of halogens is 7. The highest BCUT2D eigenvalue weighted by Crippen LogP contribution is 2.33. The van der Waals surface area contributed by atoms with Gasteiger partial charge in [-0.1, -0.05) is 6.58 Å². The number of rotatable bonds is 6. The molecule has 0 aliphatic heterocycles. The Morgan fingerprint density at radius 2 is 1.53 bits per heavy atom. The molecule has 0 saturated carbocycles. The molecule has 1 nitrogen and oxygen atoms in total. The number of hydrogen-bond donors (Lipinski definition) is 0. The van der Waals surface area contributed by atoms with Crippen LogP contribution in [-0.2, 0) is 4.74 Å². The number of ether oxygens (including phenoxy) is 1. The van der Waals surface area contributed by atoms with Crippen molar-refractivity contribution in [1.29, 1.82) is 0 Å². The summed E-state index contributed by atoms with van der Waals surface area (Å²) in [6, 6.07) is 0. The van der Waals surface area contributed by atoms with Crippen molar-refractivity contribution < 1.29 is 35.5 Å². The monoisotopic (exact) mass is 240 g/mol. The highest BCUT2D eigenvalue weighted by Gasteiger charge is 2.56. The lowest BCUT2D eigenvalue weighted by atomic mass is 10.1. The Balaban J connectivity index is 4.86. The molecule has 2 atom stereocenters. The van der Waals surface area contributed by atoms with Gasteiger partial charge in [0, 0.05) is 0 Å². The molecule has 0 saturated heterocycles. The topological polar surface area (TPSA) is 9.23 Å². The first-order chi connectivity index (χ1) is 6.75. The van der Waals surface area contributed by atoms with E-state index >= 15 is 0 Å². The Kier molecular flexibility index (Phi) is 4.89. The smallest absolute Gasteiger partial charge is 0.346 e. The van der Waals surface area contributed by atoms with Gasteiger partial charge in [-0.2, -0.15) is 8.78 Å². The lowest BCUT2D eigenvalue weighted by Crippen LogP contribution is -2.49. The summed E-state index contributed by atoms with van der Waals surface area (Å²) >= 11 is 0. The molecule has 0 heterocycles. The SMILES string of the molecule is C=COC(C(F)C(F)F)C(F)(F)C(F)F. The summed E-state index contributed by atoms with van der Waals surface area (Å²) in [5.41, 5.74) is 0. The maximum Gasteiger partial charge on any atom is 0.346 e. The summed E-state index contributed by atoms with van der Waals surface area (Å²) in [6.45, 7) is 2.70. The second kappa shape index (κ2) is 5.22. The second-order valence-corrected chi connectivity index (χ2v) is 2.48. The van der Waals surface area contributed by atoms with Crippen LogP contribution in [-0.4, -0.2) is 31.0 Å². The maximum absolute atomic E-state index is 12.5. The minimum absolute atomic E-state index is 0.204. The molecule has 0 radical (unpaired) electrons. The molecule has 15 heavy (non-hydrogen) atoms. The quantitative estimate of drug-likeness (QED) is 0.512. The van der Waals surface area contributed by atoms with E-state index in [2.05, 4.69) is 11.3 Å². The lowest BCUT2D eigenvalue weighted by molar-refractivity contribution is -0.221. The van der Waals surface area contributed by atoms with E-state index in [4.69, 9.17) is 0 Å². The molecular formula is C7H7F7O. The Bertz CT molecular complexity index is 206. The Hall–Kier alpha value is -0.950. The molecule has 0 aliphatic rings. The van der Waals surface area contributed by atoms with Gasteiger partial charge in [-0.05, 0) is 0 Å². The van der Waals surface area contributed by atoms with Crippen molar-refractivity contribution in [3.8, 4) is 0 Å². The third-order valence-electron chi connectivity index (χ3n) is 1.44. The van der Waals surface area contributed by atoms with E-state index in [1.165, 1.54) is 0 Å². The number of hydrogen-bond acceptors (Lipinski definition) is 1. The first-order valence-electron chi connectivity index (χ1n) is 3.59. The van der Waals surface area contributed by atoms with Crippen LogP contribution in [0.2, 0.25) is 0 Å². The van der Waals surface area contributed by atoms with Gasteiger partial charge in [-0.3, -0.25) is 0 Å². The fraction of sp³-hybridized carbons (Fsp3) is 0.714. The zero-order valence-corrected chi connectivity index (χ0v) is 7.15. The summed E-state index contributed by atoms with van der Waals surface area (Å²) in [7, 11) is 0. The summed E-state index contributed by atoms with van der Waals surface area (Å²) in [4.78, 5) is 0. The van der Waals surface area contributed by atoms with E-state index in [-0.39, 0.29) is 6.26 Å². The van der Waals surface area contributed by atoms with Crippen LogP contribution in [0.1, 0.15) is 0 Å². The first-order valence-corrected chi connectivity index (χ1v) is 3.59. The molecule has 8 heteroatoms. The van der Waals surface area contributed by atoms with Crippen molar-refractivity contribution in [2.24, 2.45) is 0 Å². The van der Waals surface area contributed by atoms with Crippen molar-refractivity contribution in [3.63, 3.8) is 0 Å². The van der Waals surface area contributed by atoms with Gasteiger partial charge in [0.2, 0.25) is 12.3 Å². The zero-order chi connectivity index (χ0) is 12.2. The predicted molar refractivity (Wildman–Crippen MR) is 36.9 cm³/mol. The molecule has 90 valence electrons. The highest BCUT2D eigenvalue weighted by atomic mass is 19.3. The third kappa shape index (κ3) is 3.28. The molecule has 2 unspecified atom stereocenters. The van der Waals surface area contributed by atoms with Gasteiger partial charge < -0.3 is 4.74 Å². The van der Waals surface area contributed by atoms with Gasteiger partial charge in [-0.15, -0.1) is 0 Å². The maximum atomic E-state index is 12.5. The predicted octanol–water partition coefficient (Wildman–Crippen LogP) is 3.02. The zero-order valence-electron chi connectivity index (χ0n) is 7.15. The standard InChI is InChI=1S/C7H7F7O/c1-2-15-4(3(8)5(9)10)7(13,14)6(11)12/h2-6H,1H2. The van der Waals surface area contributed by atoms with Crippen LogP contribution in [0.15, 0.2) is 12.8 Å². The fourth-order valence-corrected chi connectivity index (χ4v) is 0.738. The van der Waals surface area contributed by atoms with Crippen LogP contribution in [0, 0.1) is 0 Å². The highest BCUT2D eigenvalue weighted by molar-refractivity contribution is 4.89. The summed E-state index contributed by atoms with van der Waals surface area (Å²) in [5, 5.41) is 0. The van der Waals surface area contributed by atoms with Crippen molar-refractivity contribution in [1.82, 2.24) is 0 Å². The molecular weight excluding hydrogens is 233 g/mol. The van der Waals surface area contributed by atoms with Crippen molar-refractivity contribution in [3.05, 3.63) is 12.8 Å². The van der Waals surface area contributed by atoms with E-state index in [1.807, 2.05) is 0 Å². The average molecular weight is 240 g/mol. The first kappa shape index (κ1) is 14.0. The largest absolute Gasteiger partial charge is 0.489 e. The summed E-state index contributed by atoms with van der Waals surface area (Å²) in [6.07, 6.45) is -14.7. The lowest BCUT2D eigenvalue weighted by Gasteiger charge is -2.27. The molecule has 0 spiro atoms. The van der Waals surface area contributed by atoms with Crippen LogP contribution in [0.3, 0.4) is 0 Å². The van der Waals surface area contributed by atoms with Gasteiger partial charge in [0.25, 0.3) is 6.43 Å². The van der Waals surface area contributed by atoms with Crippen LogP contribution in [0.4, 0.5) is 30.7 Å². The minimum Gasteiger partial charge on any atom is -0.489 e. The van der Waals surface area contributed by atoms with Crippen LogP contribution >= 0.6 is 0 Å². The normalized spacial score (nSPS) is 16.6. The van der Waals surface area contributed by atoms with Crippen molar-refractivity contribution in [2.45, 2.75) is 31.0 Å². The fourth-order valence-electron chi connectivity index (χ4n) is 0.738. The molecule has 0 rings (SSSR count). The molecule has 0 fully saturated rings. The van der Waals surface area contributed by atoms with Crippen molar-refractivity contribution in [2.75, 3.05) is 0 Å². The van der Waals surface area contributed by atoms with E-state index < -0.39 is 31.0 Å². The van der Waals surface area contributed by atoms with Gasteiger partial charge >= 0.3 is 12.3 Å². The van der Waals surface area contributed by atoms with Gasteiger partial charge in [0.05, 0.1) is 6.26 Å². The van der Waals surface area contributed by atoms with Gasteiger partial charge in [0.15, 0.2) is 0 Å². The molecule has 0 aromatic rings. The summed E-state index contributed by atoms with van der Waals surface area (Å²) in [5.74, 6) is -5.01. The molecule has 0 amide bonds. The molecule has 0 aromatic carbocycles. The Morgan fingerprint density at radius 3 is 1.80 bits per heavy atom. The van der Waals surface area contributed by atoms with Crippen LogP contribution < -0.4 is 0 Å². The van der Waals surface area contributed by atoms with Gasteiger partial charge in [-0.25, -0.2) is 22.0 Å². The van der Waals surface area contributed by atoms with Crippen LogP contribution in [0.5, 0.6) is 0 Å². The van der Waals surface area contributed by atoms with E-state index in [0.717, 1.165) is 0 Å². The molecule has 0 bridgehead atoms. The third-order valence-corrected chi connectivity index (χ3v) is 1.44.